The standard InChI is InChI=1S/C26H28N2O/c1-4-21-11-13-22(14-12-21)29-17-7-16-28-25-9-6-5-8-24(25)27-26(28)23-15-10-19(2)18-20(23)3/h5-6,8-15,18H,4,7,16-17H2,1-3H3. The Labute approximate surface area is 173 Å². The van der Waals surface area contributed by atoms with Crippen molar-refractivity contribution in [2.24, 2.45) is 0 Å². The summed E-state index contributed by atoms with van der Waals surface area (Å²) in [5.41, 5.74) is 7.28. The van der Waals surface area contributed by atoms with Crippen LogP contribution in [0.4, 0.5) is 0 Å². The van der Waals surface area contributed by atoms with Crippen LogP contribution in [0.5, 0.6) is 5.75 Å². The molecule has 29 heavy (non-hydrogen) atoms. The molecule has 3 aromatic carbocycles. The minimum Gasteiger partial charge on any atom is -0.494 e. The summed E-state index contributed by atoms with van der Waals surface area (Å²) in [6, 6.07) is 23.3. The first-order valence-electron chi connectivity index (χ1n) is 10.4. The second-order valence-corrected chi connectivity index (χ2v) is 7.59. The molecule has 0 saturated heterocycles. The van der Waals surface area contributed by atoms with Gasteiger partial charge in [-0.1, -0.05) is 55.0 Å². The Hall–Kier alpha value is -3.07. The quantitative estimate of drug-likeness (QED) is 0.347. The molecule has 4 aromatic rings. The van der Waals surface area contributed by atoms with Crippen molar-refractivity contribution in [3.05, 3.63) is 83.4 Å². The van der Waals surface area contributed by atoms with Gasteiger partial charge in [0.1, 0.15) is 11.6 Å². The van der Waals surface area contributed by atoms with Gasteiger partial charge in [0.2, 0.25) is 0 Å². The normalized spacial score (nSPS) is 11.1. The van der Waals surface area contributed by atoms with Gasteiger partial charge >= 0.3 is 0 Å². The number of aryl methyl sites for hydroxylation is 4. The van der Waals surface area contributed by atoms with Gasteiger partial charge in [-0.25, -0.2) is 4.98 Å². The summed E-state index contributed by atoms with van der Waals surface area (Å²) in [7, 11) is 0. The number of benzene rings is 3. The number of nitrogens with zero attached hydrogens (tertiary/aromatic N) is 2. The molecule has 3 heteroatoms. The third kappa shape index (κ3) is 4.19. The van der Waals surface area contributed by atoms with Crippen LogP contribution in [0.15, 0.2) is 66.7 Å². The third-order valence-corrected chi connectivity index (χ3v) is 5.40. The topological polar surface area (TPSA) is 27.1 Å². The summed E-state index contributed by atoms with van der Waals surface area (Å²) in [6.07, 6.45) is 1.98. The zero-order chi connectivity index (χ0) is 20.2. The van der Waals surface area contributed by atoms with Crippen molar-refractivity contribution in [1.82, 2.24) is 9.55 Å². The van der Waals surface area contributed by atoms with Gasteiger partial charge in [-0.2, -0.15) is 0 Å². The highest BCUT2D eigenvalue weighted by Crippen LogP contribution is 2.28. The Morgan fingerprint density at radius 1 is 0.931 bits per heavy atom. The number of fused-ring (bicyclic) bond motifs is 1. The van der Waals surface area contributed by atoms with Gasteiger partial charge in [-0.3, -0.25) is 0 Å². The minimum atomic E-state index is 0.685. The van der Waals surface area contributed by atoms with E-state index in [1.807, 2.05) is 0 Å². The number of para-hydroxylation sites is 2. The smallest absolute Gasteiger partial charge is 0.141 e. The van der Waals surface area contributed by atoms with Gasteiger partial charge in [0.15, 0.2) is 0 Å². The average molecular weight is 385 g/mol. The third-order valence-electron chi connectivity index (χ3n) is 5.40. The molecule has 0 fully saturated rings. The van der Waals surface area contributed by atoms with E-state index >= 15 is 0 Å². The summed E-state index contributed by atoms with van der Waals surface area (Å²) in [4.78, 5) is 4.95. The maximum Gasteiger partial charge on any atom is 0.141 e. The van der Waals surface area contributed by atoms with Crippen molar-refractivity contribution in [2.75, 3.05) is 6.61 Å². The van der Waals surface area contributed by atoms with E-state index < -0.39 is 0 Å². The summed E-state index contributed by atoms with van der Waals surface area (Å²) in [5, 5.41) is 0. The van der Waals surface area contributed by atoms with E-state index in [0.717, 1.165) is 36.5 Å². The van der Waals surface area contributed by atoms with Crippen LogP contribution in [0.3, 0.4) is 0 Å². The Kier molecular flexibility index (Phi) is 5.66. The highest BCUT2D eigenvalue weighted by atomic mass is 16.5. The molecule has 4 rings (SSSR count). The number of hydrogen-bond acceptors (Lipinski definition) is 2. The molecule has 0 N–H and O–H groups in total. The highest BCUT2D eigenvalue weighted by Gasteiger charge is 2.14. The molecular weight excluding hydrogens is 356 g/mol. The van der Waals surface area contributed by atoms with Crippen molar-refractivity contribution in [2.45, 2.75) is 40.2 Å². The van der Waals surface area contributed by atoms with E-state index in [2.05, 4.69) is 92.1 Å². The van der Waals surface area contributed by atoms with Crippen molar-refractivity contribution in [3.8, 4) is 17.1 Å². The van der Waals surface area contributed by atoms with Crippen molar-refractivity contribution >= 4 is 11.0 Å². The summed E-state index contributed by atoms with van der Waals surface area (Å²) < 4.78 is 8.30. The maximum absolute atomic E-state index is 5.97. The van der Waals surface area contributed by atoms with E-state index in [9.17, 15) is 0 Å². The van der Waals surface area contributed by atoms with Crippen LogP contribution in [-0.2, 0) is 13.0 Å². The molecule has 148 valence electrons. The zero-order valence-corrected chi connectivity index (χ0v) is 17.5. The van der Waals surface area contributed by atoms with Crippen molar-refractivity contribution in [1.29, 1.82) is 0 Å². The molecule has 0 spiro atoms. The van der Waals surface area contributed by atoms with E-state index in [0.29, 0.717) is 6.61 Å². The lowest BCUT2D eigenvalue weighted by Gasteiger charge is -2.12. The maximum atomic E-state index is 5.97. The lowest BCUT2D eigenvalue weighted by atomic mass is 10.1. The molecule has 0 aliphatic carbocycles. The van der Waals surface area contributed by atoms with Gasteiger partial charge in [0.05, 0.1) is 17.6 Å². The zero-order valence-electron chi connectivity index (χ0n) is 17.5. The molecule has 0 radical (unpaired) electrons. The van der Waals surface area contributed by atoms with Crippen LogP contribution < -0.4 is 4.74 Å². The number of aromatic nitrogens is 2. The molecule has 0 atom stereocenters. The van der Waals surface area contributed by atoms with Crippen LogP contribution >= 0.6 is 0 Å². The van der Waals surface area contributed by atoms with Gasteiger partial charge < -0.3 is 9.30 Å². The lowest BCUT2D eigenvalue weighted by Crippen LogP contribution is -2.06. The van der Waals surface area contributed by atoms with E-state index in [-0.39, 0.29) is 0 Å². The number of hydrogen-bond donors (Lipinski definition) is 0. The molecule has 0 aliphatic rings. The van der Waals surface area contributed by atoms with Gasteiger partial charge in [-0.15, -0.1) is 0 Å². The molecule has 3 nitrogen and oxygen atoms in total. The fourth-order valence-electron chi connectivity index (χ4n) is 3.81. The Balaban J connectivity index is 1.54. The minimum absolute atomic E-state index is 0.685. The van der Waals surface area contributed by atoms with Crippen LogP contribution in [0.25, 0.3) is 22.4 Å². The van der Waals surface area contributed by atoms with E-state index in [4.69, 9.17) is 9.72 Å². The number of rotatable bonds is 7. The lowest BCUT2D eigenvalue weighted by molar-refractivity contribution is 0.303. The Morgan fingerprint density at radius 2 is 1.72 bits per heavy atom. The van der Waals surface area contributed by atoms with Gasteiger partial charge in [0, 0.05) is 12.1 Å². The van der Waals surface area contributed by atoms with E-state index in [1.54, 1.807) is 0 Å². The first-order chi connectivity index (χ1) is 14.2. The number of imidazole rings is 1. The monoisotopic (exact) mass is 384 g/mol. The predicted molar refractivity (Wildman–Crippen MR) is 121 cm³/mol. The molecule has 0 saturated carbocycles. The van der Waals surface area contributed by atoms with Crippen LogP contribution in [-0.4, -0.2) is 16.2 Å². The Morgan fingerprint density at radius 3 is 2.48 bits per heavy atom. The SMILES string of the molecule is CCc1ccc(OCCCn2c(-c3ccc(C)cc3C)nc3ccccc32)cc1. The van der Waals surface area contributed by atoms with Gasteiger partial charge in [0.25, 0.3) is 0 Å². The van der Waals surface area contributed by atoms with Crippen molar-refractivity contribution in [3.63, 3.8) is 0 Å². The molecule has 0 bridgehead atoms. The van der Waals surface area contributed by atoms with Crippen molar-refractivity contribution < 1.29 is 4.74 Å². The predicted octanol–water partition coefficient (Wildman–Crippen LogP) is 6.35. The fourth-order valence-corrected chi connectivity index (χ4v) is 3.81. The number of ether oxygens (including phenoxy) is 1. The largest absolute Gasteiger partial charge is 0.494 e. The fraction of sp³-hybridized carbons (Fsp3) is 0.269. The molecule has 0 amide bonds. The first-order valence-corrected chi connectivity index (χ1v) is 10.4. The second kappa shape index (κ2) is 8.52. The molecule has 1 aromatic heterocycles. The van der Waals surface area contributed by atoms with Crippen LogP contribution in [0.1, 0.15) is 30.0 Å². The molecule has 0 unspecified atom stereocenters. The van der Waals surface area contributed by atoms with Crippen LogP contribution in [0, 0.1) is 13.8 Å². The molecular formula is C26H28N2O. The molecule has 0 aliphatic heterocycles. The summed E-state index contributed by atoms with van der Waals surface area (Å²) >= 11 is 0. The van der Waals surface area contributed by atoms with Crippen LogP contribution in [0.2, 0.25) is 0 Å². The molecule has 1 heterocycles. The van der Waals surface area contributed by atoms with Gasteiger partial charge in [-0.05, 0) is 62.1 Å². The first kappa shape index (κ1) is 19.3. The summed E-state index contributed by atoms with van der Waals surface area (Å²) in [6.45, 7) is 8.01. The Bertz CT molecular complexity index is 1110. The second-order valence-electron chi connectivity index (χ2n) is 7.59. The highest BCUT2D eigenvalue weighted by molar-refractivity contribution is 5.81. The summed E-state index contributed by atoms with van der Waals surface area (Å²) in [5.74, 6) is 1.98. The van der Waals surface area contributed by atoms with E-state index in [1.165, 1.54) is 27.8 Å². The average Bonchev–Trinajstić information content (AvgIpc) is 3.10.